The van der Waals surface area contributed by atoms with Crippen molar-refractivity contribution < 1.29 is 26.4 Å². The van der Waals surface area contributed by atoms with Crippen LogP contribution in [0.4, 0.5) is 18.9 Å². The molecule has 154 valence electrons. The number of nitrogens with one attached hydrogen (secondary N) is 1. The summed E-state index contributed by atoms with van der Waals surface area (Å²) in [5, 5.41) is 6.24. The van der Waals surface area contributed by atoms with Crippen LogP contribution in [0.5, 0.6) is 0 Å². The van der Waals surface area contributed by atoms with E-state index in [1.807, 2.05) is 0 Å². The van der Waals surface area contributed by atoms with Gasteiger partial charge in [-0.1, -0.05) is 12.1 Å². The quantitative estimate of drug-likeness (QED) is 0.813. The Kier molecular flexibility index (Phi) is 4.99. The van der Waals surface area contributed by atoms with Gasteiger partial charge in [0, 0.05) is 25.9 Å². The van der Waals surface area contributed by atoms with Gasteiger partial charge in [0.2, 0.25) is 0 Å². The lowest BCUT2D eigenvalue weighted by Gasteiger charge is -2.24. The number of alkyl halides is 3. The van der Waals surface area contributed by atoms with Crippen LogP contribution in [0.15, 0.2) is 46.6 Å². The lowest BCUT2D eigenvalue weighted by Crippen LogP contribution is -2.36. The van der Waals surface area contributed by atoms with Gasteiger partial charge in [-0.25, -0.2) is 4.31 Å². The first-order valence-corrected chi connectivity index (χ1v) is 9.58. The van der Waals surface area contributed by atoms with Crippen LogP contribution >= 0.6 is 0 Å². The van der Waals surface area contributed by atoms with Gasteiger partial charge in [0.25, 0.3) is 5.91 Å². The van der Waals surface area contributed by atoms with E-state index >= 15 is 0 Å². The fraction of sp³-hybridized carbons (Fsp3) is 0.235. The van der Waals surface area contributed by atoms with E-state index in [1.54, 1.807) is 14.0 Å². The Hall–Kier alpha value is -3.15. The molecule has 1 N–H and O–H groups in total. The highest BCUT2D eigenvalue weighted by Crippen LogP contribution is 2.35. The van der Waals surface area contributed by atoms with Crippen molar-refractivity contribution in [3.8, 4) is 0 Å². The first kappa shape index (κ1) is 20.6. The Morgan fingerprint density at radius 2 is 1.83 bits per heavy atom. The van der Waals surface area contributed by atoms with Crippen molar-refractivity contribution in [2.45, 2.75) is 13.1 Å². The maximum Gasteiger partial charge on any atom is 0.418 e. The second-order valence-corrected chi connectivity index (χ2v) is 7.88. The van der Waals surface area contributed by atoms with E-state index < -0.39 is 33.5 Å². The number of allylic oxidation sites excluding steroid dienone is 1. The van der Waals surface area contributed by atoms with Crippen LogP contribution in [-0.2, 0) is 28.2 Å². The molecular formula is C17H16F3N5O3S. The summed E-state index contributed by atoms with van der Waals surface area (Å²) < 4.78 is 70.0. The number of carbonyl (C=O) groups excluding carboxylic acids is 1. The van der Waals surface area contributed by atoms with Gasteiger partial charge in [-0.2, -0.15) is 26.7 Å². The molecule has 3 rings (SSSR count). The lowest BCUT2D eigenvalue weighted by molar-refractivity contribution is -0.137. The minimum absolute atomic E-state index is 0.0389. The van der Waals surface area contributed by atoms with Crippen molar-refractivity contribution in [2.24, 2.45) is 11.4 Å². The number of nitrogens with zero attached hydrogens (tertiary/aromatic N) is 4. The second kappa shape index (κ2) is 7.03. The smallest absolute Gasteiger partial charge is 0.320 e. The van der Waals surface area contributed by atoms with Gasteiger partial charge in [0.05, 0.1) is 22.7 Å². The van der Waals surface area contributed by atoms with Crippen LogP contribution in [0.2, 0.25) is 0 Å². The number of benzene rings is 1. The van der Waals surface area contributed by atoms with Crippen LogP contribution in [0.3, 0.4) is 0 Å². The third kappa shape index (κ3) is 4.01. The number of aryl methyl sites for hydroxylation is 2. The van der Waals surface area contributed by atoms with Crippen molar-refractivity contribution in [3.05, 3.63) is 59.1 Å². The van der Waals surface area contributed by atoms with Crippen molar-refractivity contribution in [3.63, 3.8) is 0 Å². The summed E-state index contributed by atoms with van der Waals surface area (Å²) in [4.78, 5) is 12.7. The molecule has 0 fully saturated rings. The van der Waals surface area contributed by atoms with E-state index in [2.05, 4.69) is 14.8 Å². The fourth-order valence-corrected chi connectivity index (χ4v) is 3.68. The molecule has 8 nitrogen and oxygen atoms in total. The normalized spacial score (nSPS) is 16.3. The Labute approximate surface area is 164 Å². The average Bonchev–Trinajstić information content (AvgIpc) is 2.95. The summed E-state index contributed by atoms with van der Waals surface area (Å²) in [6.45, 7) is 1.63. The summed E-state index contributed by atoms with van der Waals surface area (Å²) in [5.74, 6) is -1.03. The Morgan fingerprint density at radius 3 is 2.41 bits per heavy atom. The highest BCUT2D eigenvalue weighted by atomic mass is 32.2. The predicted octanol–water partition coefficient (Wildman–Crippen LogP) is 2.25. The molecule has 2 heterocycles. The van der Waals surface area contributed by atoms with Crippen LogP contribution in [0, 0.1) is 6.92 Å². The SMILES string of the molecule is Cc1nn(C)cc1C1=NS(=O)(=O)N(C)C(C(=O)Nc2ccccc2C(F)(F)F)=C1. The molecule has 1 aliphatic rings. The monoisotopic (exact) mass is 427 g/mol. The fourth-order valence-electron chi connectivity index (χ4n) is 2.77. The molecule has 29 heavy (non-hydrogen) atoms. The number of hydrogen-bond donors (Lipinski definition) is 1. The number of aromatic nitrogens is 2. The molecule has 0 bridgehead atoms. The van der Waals surface area contributed by atoms with Crippen LogP contribution in [0.25, 0.3) is 0 Å². The Balaban J connectivity index is 2.02. The third-order valence-electron chi connectivity index (χ3n) is 4.18. The molecule has 12 heteroatoms. The van der Waals surface area contributed by atoms with Gasteiger partial charge >= 0.3 is 16.4 Å². The highest BCUT2D eigenvalue weighted by molar-refractivity contribution is 7.88. The number of rotatable bonds is 3. The zero-order valence-electron chi connectivity index (χ0n) is 15.5. The van der Waals surface area contributed by atoms with Gasteiger partial charge in [0.1, 0.15) is 5.70 Å². The average molecular weight is 427 g/mol. The number of carbonyl (C=O) groups is 1. The van der Waals surface area contributed by atoms with Gasteiger partial charge < -0.3 is 5.32 Å². The van der Waals surface area contributed by atoms with Gasteiger partial charge in [-0.05, 0) is 25.1 Å². The van der Waals surface area contributed by atoms with E-state index in [1.165, 1.54) is 29.1 Å². The van der Waals surface area contributed by atoms with E-state index in [-0.39, 0.29) is 11.4 Å². The van der Waals surface area contributed by atoms with E-state index in [0.717, 1.165) is 19.2 Å². The molecule has 0 saturated carbocycles. The minimum Gasteiger partial charge on any atom is -0.320 e. The largest absolute Gasteiger partial charge is 0.418 e. The van der Waals surface area contributed by atoms with Crippen molar-refractivity contribution >= 4 is 27.5 Å². The molecule has 2 aromatic rings. The summed E-state index contributed by atoms with van der Waals surface area (Å²) in [6.07, 6.45) is -1.97. The standard InChI is InChI=1S/C17H16F3N5O3S/c1-10-11(9-24(2)22-10)14-8-15(25(3)29(27,28)23-14)16(26)21-13-7-5-4-6-12(13)17(18,19)20/h4-9H,1-3H3,(H,21,26). The molecule has 0 saturated heterocycles. The number of anilines is 1. The molecule has 1 aliphatic heterocycles. The van der Waals surface area contributed by atoms with Crippen molar-refractivity contribution in [2.75, 3.05) is 12.4 Å². The molecular weight excluding hydrogens is 411 g/mol. The highest BCUT2D eigenvalue weighted by Gasteiger charge is 2.35. The molecule has 0 aliphatic carbocycles. The molecule has 1 amide bonds. The van der Waals surface area contributed by atoms with Gasteiger partial charge in [-0.3, -0.25) is 9.48 Å². The molecule has 1 aromatic carbocycles. The number of likely N-dealkylation sites (N-methyl/N-ethyl adjacent to an activating group) is 1. The maximum atomic E-state index is 13.2. The lowest BCUT2D eigenvalue weighted by atomic mass is 10.1. The number of para-hydroxylation sites is 1. The summed E-state index contributed by atoms with van der Waals surface area (Å²) in [7, 11) is -1.54. The van der Waals surface area contributed by atoms with Crippen LogP contribution in [0.1, 0.15) is 16.8 Å². The van der Waals surface area contributed by atoms with Gasteiger partial charge in [0.15, 0.2) is 0 Å². The Bertz CT molecular complexity index is 1150. The van der Waals surface area contributed by atoms with Crippen LogP contribution < -0.4 is 5.32 Å². The summed E-state index contributed by atoms with van der Waals surface area (Å²) in [6, 6.07) is 4.41. The van der Waals surface area contributed by atoms with E-state index in [4.69, 9.17) is 0 Å². The minimum atomic E-state index is -4.69. The number of amides is 1. The van der Waals surface area contributed by atoms with Crippen molar-refractivity contribution in [1.82, 2.24) is 14.1 Å². The first-order chi connectivity index (χ1) is 13.4. The Morgan fingerprint density at radius 1 is 1.17 bits per heavy atom. The van der Waals surface area contributed by atoms with Gasteiger partial charge in [-0.15, -0.1) is 4.40 Å². The topological polar surface area (TPSA) is 96.7 Å². The predicted molar refractivity (Wildman–Crippen MR) is 99.3 cm³/mol. The van der Waals surface area contributed by atoms with E-state index in [9.17, 15) is 26.4 Å². The molecule has 1 aromatic heterocycles. The van der Waals surface area contributed by atoms with E-state index in [0.29, 0.717) is 15.6 Å². The zero-order chi connectivity index (χ0) is 21.6. The molecule has 0 unspecified atom stereocenters. The first-order valence-electron chi connectivity index (χ1n) is 8.19. The number of halogens is 3. The molecule has 0 spiro atoms. The summed E-state index contributed by atoms with van der Waals surface area (Å²) in [5.41, 5.74) is -1.10. The number of hydrogen-bond acceptors (Lipinski definition) is 4. The van der Waals surface area contributed by atoms with Crippen molar-refractivity contribution in [1.29, 1.82) is 0 Å². The molecule has 0 atom stereocenters. The summed E-state index contributed by atoms with van der Waals surface area (Å²) >= 11 is 0. The van der Waals surface area contributed by atoms with Crippen LogP contribution in [-0.4, -0.2) is 41.2 Å². The molecule has 0 radical (unpaired) electrons. The maximum absolute atomic E-state index is 13.2. The third-order valence-corrected chi connectivity index (χ3v) is 5.49. The zero-order valence-corrected chi connectivity index (χ0v) is 16.3. The second-order valence-electron chi connectivity index (χ2n) is 6.25.